The van der Waals surface area contributed by atoms with Gasteiger partial charge in [-0.25, -0.2) is 14.4 Å². The molecule has 0 spiro atoms. The molecule has 0 N–H and O–H groups in total. The maximum absolute atomic E-state index is 13.5. The van der Waals surface area contributed by atoms with Crippen LogP contribution in [0.5, 0.6) is 11.5 Å². The zero-order valence-corrected chi connectivity index (χ0v) is 26.2. The van der Waals surface area contributed by atoms with Gasteiger partial charge in [0.25, 0.3) is 0 Å². The lowest BCUT2D eigenvalue weighted by Crippen LogP contribution is -2.23. The van der Waals surface area contributed by atoms with E-state index in [2.05, 4.69) is 15.1 Å². The number of carbonyl (C=O) groups excluding carboxylic acids is 1. The number of pyridine rings is 2. The molecule has 236 valence electrons. The maximum Gasteiger partial charge on any atom is 0.218 e. The van der Waals surface area contributed by atoms with Gasteiger partial charge in [0.15, 0.2) is 17.4 Å². The minimum absolute atomic E-state index is 0.0142. The van der Waals surface area contributed by atoms with Crippen LogP contribution in [0.2, 0.25) is 5.02 Å². The highest BCUT2D eigenvalue weighted by Crippen LogP contribution is 2.36. The van der Waals surface area contributed by atoms with Crippen molar-refractivity contribution in [1.29, 1.82) is 0 Å². The number of nitrogens with zero attached hydrogens (tertiary/aromatic N) is 5. The smallest absolute Gasteiger partial charge is 0.218 e. The largest absolute Gasteiger partial charge is 0.454 e. The lowest BCUT2D eigenvalue weighted by Gasteiger charge is -2.11. The second-order valence-electron chi connectivity index (χ2n) is 11.3. The molecule has 0 saturated heterocycles. The number of hydrogen-bond donors (Lipinski definition) is 0. The molecule has 0 radical (unpaired) electrons. The maximum atomic E-state index is 13.5. The molecule has 0 unspecified atom stereocenters. The van der Waals surface area contributed by atoms with Crippen molar-refractivity contribution in [3.05, 3.63) is 165 Å². The minimum atomic E-state index is -0.503. The molecule has 8 nitrogen and oxygen atoms in total. The number of aromatic nitrogens is 4. The standard InChI is InChI=1S/C38H27ClFN5O3/c39-34-33(19-20-41-38(34)43-35(24-7-3-1-4-8-24)25-9-5-2-6-10-25)48-30-18-15-28(42-22-30)21-32(46)31-23-45(29-16-17-29)44-36(37(31)47)26-11-13-27(40)14-12-26/h1-15,18-20,22-23,29H,16-17,21H2. The van der Waals surface area contributed by atoms with E-state index in [-0.39, 0.29) is 28.7 Å². The van der Waals surface area contributed by atoms with Gasteiger partial charge in [-0.2, -0.15) is 5.10 Å². The number of Topliss-reactive ketones (excluding diaryl/α,β-unsaturated/α-hetero) is 1. The van der Waals surface area contributed by atoms with Crippen LogP contribution in [0.25, 0.3) is 11.3 Å². The van der Waals surface area contributed by atoms with Crippen LogP contribution >= 0.6 is 11.6 Å². The second kappa shape index (κ2) is 13.5. The molecule has 0 bridgehead atoms. The Hall–Kier alpha value is -5.80. The third-order valence-electron chi connectivity index (χ3n) is 7.79. The van der Waals surface area contributed by atoms with Gasteiger partial charge in [0.2, 0.25) is 5.43 Å². The van der Waals surface area contributed by atoms with Gasteiger partial charge < -0.3 is 4.74 Å². The molecule has 7 rings (SSSR count). The summed E-state index contributed by atoms with van der Waals surface area (Å²) < 4.78 is 21.2. The van der Waals surface area contributed by atoms with Crippen LogP contribution in [0.15, 0.2) is 132 Å². The van der Waals surface area contributed by atoms with E-state index >= 15 is 0 Å². The van der Waals surface area contributed by atoms with Gasteiger partial charge in [-0.1, -0.05) is 72.3 Å². The first-order valence-electron chi connectivity index (χ1n) is 15.3. The summed E-state index contributed by atoms with van der Waals surface area (Å²) in [5.74, 6) is 0.198. The molecule has 0 aliphatic heterocycles. The first-order chi connectivity index (χ1) is 23.4. The average Bonchev–Trinajstić information content (AvgIpc) is 3.97. The fourth-order valence-electron chi connectivity index (χ4n) is 5.16. The molecule has 48 heavy (non-hydrogen) atoms. The van der Waals surface area contributed by atoms with E-state index in [0.29, 0.717) is 34.3 Å². The number of hydrogen-bond acceptors (Lipinski definition) is 7. The van der Waals surface area contributed by atoms with Crippen molar-refractivity contribution >= 4 is 28.9 Å². The summed E-state index contributed by atoms with van der Waals surface area (Å²) in [7, 11) is 0. The van der Waals surface area contributed by atoms with Crippen molar-refractivity contribution < 1.29 is 13.9 Å². The SMILES string of the molecule is O=C(Cc1ccc(Oc2ccnc(N=C(c3ccccc3)c3ccccc3)c2Cl)cn1)c1cn(C2CC2)nc(-c2ccc(F)cc2)c1=O. The van der Waals surface area contributed by atoms with Gasteiger partial charge in [0.05, 0.1) is 29.9 Å². The normalized spacial score (nSPS) is 12.4. The number of aliphatic imine (C=N–C) groups is 1. The van der Waals surface area contributed by atoms with Crippen LogP contribution < -0.4 is 10.2 Å². The van der Waals surface area contributed by atoms with Crippen LogP contribution in [0, 0.1) is 5.82 Å². The molecule has 1 aliphatic rings. The van der Waals surface area contributed by atoms with E-state index in [9.17, 15) is 14.0 Å². The summed E-state index contributed by atoms with van der Waals surface area (Å²) in [6, 6.07) is 30.1. The van der Waals surface area contributed by atoms with E-state index in [1.54, 1.807) is 29.1 Å². The Balaban J connectivity index is 1.11. The van der Waals surface area contributed by atoms with E-state index in [4.69, 9.17) is 21.3 Å². The van der Waals surface area contributed by atoms with Gasteiger partial charge in [0, 0.05) is 40.8 Å². The van der Waals surface area contributed by atoms with Crippen LogP contribution in [-0.4, -0.2) is 31.2 Å². The number of carbonyl (C=O) groups is 1. The third-order valence-corrected chi connectivity index (χ3v) is 8.15. The lowest BCUT2D eigenvalue weighted by molar-refractivity contribution is 0.0989. The van der Waals surface area contributed by atoms with Crippen molar-refractivity contribution in [2.24, 2.45) is 4.99 Å². The Morgan fingerprint density at radius 3 is 2.21 bits per heavy atom. The quantitative estimate of drug-likeness (QED) is 0.109. The fraction of sp³-hybridized carbons (Fsp3) is 0.105. The Bertz CT molecular complexity index is 2140. The number of benzene rings is 3. The second-order valence-corrected chi connectivity index (χ2v) is 11.6. The average molecular weight is 656 g/mol. The molecule has 10 heteroatoms. The van der Waals surface area contributed by atoms with Crippen LogP contribution in [-0.2, 0) is 6.42 Å². The number of rotatable bonds is 10. The zero-order valence-electron chi connectivity index (χ0n) is 25.5. The van der Waals surface area contributed by atoms with Gasteiger partial charge in [-0.15, -0.1) is 0 Å². The minimum Gasteiger partial charge on any atom is -0.454 e. The summed E-state index contributed by atoms with van der Waals surface area (Å²) >= 11 is 6.75. The first-order valence-corrected chi connectivity index (χ1v) is 15.7. The lowest BCUT2D eigenvalue weighted by atomic mass is 10.0. The van der Waals surface area contributed by atoms with Crippen LogP contribution in [0.4, 0.5) is 10.2 Å². The Morgan fingerprint density at radius 1 is 0.896 bits per heavy atom. The zero-order chi connectivity index (χ0) is 33.0. The van der Waals surface area contributed by atoms with Gasteiger partial charge in [-0.05, 0) is 49.2 Å². The molecule has 0 amide bonds. The number of halogens is 2. The Kier molecular flexibility index (Phi) is 8.68. The Morgan fingerprint density at radius 2 is 1.58 bits per heavy atom. The number of ketones is 1. The fourth-order valence-corrected chi connectivity index (χ4v) is 5.35. The summed E-state index contributed by atoms with van der Waals surface area (Å²) in [5.41, 5.74) is 3.05. The van der Waals surface area contributed by atoms with Crippen molar-refractivity contribution in [3.63, 3.8) is 0 Å². The highest BCUT2D eigenvalue weighted by Gasteiger charge is 2.27. The molecule has 1 saturated carbocycles. The van der Waals surface area contributed by atoms with Crippen molar-refractivity contribution in [1.82, 2.24) is 19.7 Å². The predicted octanol–water partition coefficient (Wildman–Crippen LogP) is 8.21. The number of ether oxygens (including phenoxy) is 1. The Labute approximate surface area is 280 Å². The predicted molar refractivity (Wildman–Crippen MR) is 182 cm³/mol. The van der Waals surface area contributed by atoms with Crippen molar-refractivity contribution in [2.75, 3.05) is 0 Å². The molecule has 6 aromatic rings. The third kappa shape index (κ3) is 6.82. The summed E-state index contributed by atoms with van der Waals surface area (Å²) in [6.45, 7) is 0. The monoisotopic (exact) mass is 655 g/mol. The van der Waals surface area contributed by atoms with Gasteiger partial charge >= 0.3 is 0 Å². The summed E-state index contributed by atoms with van der Waals surface area (Å²) in [5, 5.41) is 4.69. The molecular formula is C38H27ClFN5O3. The van der Waals surface area contributed by atoms with Crippen LogP contribution in [0.3, 0.4) is 0 Å². The summed E-state index contributed by atoms with van der Waals surface area (Å²) in [4.78, 5) is 40.4. The van der Waals surface area contributed by atoms with E-state index in [1.165, 1.54) is 36.7 Å². The van der Waals surface area contributed by atoms with Gasteiger partial charge in [-0.3, -0.25) is 19.3 Å². The highest BCUT2D eigenvalue weighted by atomic mass is 35.5. The van der Waals surface area contributed by atoms with Gasteiger partial charge in [0.1, 0.15) is 22.3 Å². The molecule has 3 aromatic carbocycles. The highest BCUT2D eigenvalue weighted by molar-refractivity contribution is 6.34. The van der Waals surface area contributed by atoms with E-state index in [0.717, 1.165) is 24.0 Å². The van der Waals surface area contributed by atoms with E-state index < -0.39 is 17.0 Å². The molecule has 1 fully saturated rings. The van der Waals surface area contributed by atoms with Crippen molar-refractivity contribution in [3.8, 4) is 22.8 Å². The molecule has 0 atom stereocenters. The van der Waals surface area contributed by atoms with Crippen molar-refractivity contribution in [2.45, 2.75) is 25.3 Å². The van der Waals surface area contributed by atoms with E-state index in [1.807, 2.05) is 60.7 Å². The molecule has 3 heterocycles. The summed E-state index contributed by atoms with van der Waals surface area (Å²) in [6.07, 6.45) is 6.28. The molecular weight excluding hydrogens is 629 g/mol. The van der Waals surface area contributed by atoms with Crippen LogP contribution in [0.1, 0.15) is 46.1 Å². The molecule has 1 aliphatic carbocycles. The molecule has 3 aromatic heterocycles. The first kappa shape index (κ1) is 30.8. The topological polar surface area (TPSA) is 99.3 Å².